The van der Waals surface area contributed by atoms with Gasteiger partial charge in [0.25, 0.3) is 0 Å². The lowest BCUT2D eigenvalue weighted by atomic mass is 10.0. The number of hydrogen-bond acceptors (Lipinski definition) is 3. The zero-order chi connectivity index (χ0) is 10.1. The van der Waals surface area contributed by atoms with Crippen molar-refractivity contribution in [2.75, 3.05) is 24.7 Å². The van der Waals surface area contributed by atoms with Crippen LogP contribution in [0.3, 0.4) is 0 Å². The van der Waals surface area contributed by atoms with Gasteiger partial charge in [0, 0.05) is 17.5 Å². The van der Waals surface area contributed by atoms with E-state index < -0.39 is 0 Å². The Bertz CT molecular complexity index is 111. The average molecular weight is 205 g/mol. The lowest BCUT2D eigenvalue weighted by Crippen LogP contribution is -2.37. The van der Waals surface area contributed by atoms with Gasteiger partial charge >= 0.3 is 0 Å². The maximum Gasteiger partial charge on any atom is 0.0521 e. The number of rotatable bonds is 8. The normalized spacial score (nSPS) is 15.7. The molecule has 0 fully saturated rings. The van der Waals surface area contributed by atoms with Crippen molar-refractivity contribution in [1.29, 1.82) is 0 Å². The molecule has 0 aromatic heterocycles. The van der Waals surface area contributed by atoms with Crippen LogP contribution < -0.4 is 5.32 Å². The van der Waals surface area contributed by atoms with Crippen molar-refractivity contribution in [3.8, 4) is 0 Å². The van der Waals surface area contributed by atoms with Gasteiger partial charge in [0.15, 0.2) is 0 Å². The molecule has 2 nitrogen and oxygen atoms in total. The second-order valence-corrected chi connectivity index (χ2v) is 4.50. The van der Waals surface area contributed by atoms with Crippen molar-refractivity contribution in [3.63, 3.8) is 0 Å². The van der Waals surface area contributed by atoms with Crippen molar-refractivity contribution in [1.82, 2.24) is 5.32 Å². The van der Waals surface area contributed by atoms with Crippen LogP contribution >= 0.6 is 11.8 Å². The second-order valence-electron chi connectivity index (χ2n) is 3.35. The molecule has 13 heavy (non-hydrogen) atoms. The summed E-state index contributed by atoms with van der Waals surface area (Å²) in [7, 11) is 0. The first-order valence-electron chi connectivity index (χ1n) is 5.18. The molecule has 0 saturated carbocycles. The summed E-state index contributed by atoms with van der Waals surface area (Å²) in [6.45, 7) is 7.99. The van der Waals surface area contributed by atoms with E-state index >= 15 is 0 Å². The third kappa shape index (κ3) is 6.36. The van der Waals surface area contributed by atoms with Gasteiger partial charge in [0.2, 0.25) is 0 Å². The highest BCUT2D eigenvalue weighted by atomic mass is 32.2. The summed E-state index contributed by atoms with van der Waals surface area (Å²) in [5.41, 5.74) is 0. The topological polar surface area (TPSA) is 32.3 Å². The number of hydrogen-bond donors (Lipinski definition) is 2. The molecule has 0 amide bonds. The molecule has 0 aromatic carbocycles. The summed E-state index contributed by atoms with van der Waals surface area (Å²) in [6.07, 6.45) is 1.22. The molecule has 2 atom stereocenters. The minimum Gasteiger partial charge on any atom is -0.396 e. The molecule has 0 aliphatic carbocycles. The molecule has 0 aliphatic rings. The van der Waals surface area contributed by atoms with E-state index in [1.165, 1.54) is 6.42 Å². The van der Waals surface area contributed by atoms with Gasteiger partial charge in [-0.1, -0.05) is 27.2 Å². The Balaban J connectivity index is 3.65. The van der Waals surface area contributed by atoms with Gasteiger partial charge in [-0.05, 0) is 12.5 Å². The van der Waals surface area contributed by atoms with Gasteiger partial charge in [-0.25, -0.2) is 0 Å². The summed E-state index contributed by atoms with van der Waals surface area (Å²) >= 11 is 1.83. The lowest BCUT2D eigenvalue weighted by Gasteiger charge is -2.23. The Morgan fingerprint density at radius 2 is 2.08 bits per heavy atom. The molecule has 3 heteroatoms. The van der Waals surface area contributed by atoms with E-state index in [4.69, 9.17) is 5.11 Å². The fourth-order valence-corrected chi connectivity index (χ4v) is 2.24. The van der Waals surface area contributed by atoms with Crippen LogP contribution in [0, 0.1) is 5.92 Å². The van der Waals surface area contributed by atoms with E-state index in [0.29, 0.717) is 12.6 Å². The largest absolute Gasteiger partial charge is 0.396 e. The molecule has 2 N–H and O–H groups in total. The number of aliphatic hydroxyl groups is 1. The van der Waals surface area contributed by atoms with Crippen LogP contribution in [0.5, 0.6) is 0 Å². The Hall–Kier alpha value is 0.270. The molecule has 0 saturated heterocycles. The van der Waals surface area contributed by atoms with Crippen molar-refractivity contribution >= 4 is 11.8 Å². The fourth-order valence-electron chi connectivity index (χ4n) is 1.25. The first kappa shape index (κ1) is 13.3. The molecule has 0 aromatic rings. The Kier molecular flexibility index (Phi) is 9.03. The molecular weight excluding hydrogens is 182 g/mol. The summed E-state index contributed by atoms with van der Waals surface area (Å²) < 4.78 is 0. The van der Waals surface area contributed by atoms with Crippen LogP contribution in [0.25, 0.3) is 0 Å². The van der Waals surface area contributed by atoms with Gasteiger partial charge in [0.1, 0.15) is 0 Å². The molecule has 2 unspecified atom stereocenters. The summed E-state index contributed by atoms with van der Waals surface area (Å²) in [4.78, 5) is 0. The SMILES string of the molecule is CCNC(CSCCO)C(C)CC. The molecule has 0 spiro atoms. The smallest absolute Gasteiger partial charge is 0.0521 e. The minimum atomic E-state index is 0.296. The maximum atomic E-state index is 8.66. The van der Waals surface area contributed by atoms with Crippen LogP contribution in [0.2, 0.25) is 0 Å². The Morgan fingerprint density at radius 3 is 2.54 bits per heavy atom. The number of thioether (sulfide) groups is 1. The molecule has 80 valence electrons. The van der Waals surface area contributed by atoms with E-state index in [1.54, 1.807) is 0 Å². The molecule has 0 radical (unpaired) electrons. The first-order valence-corrected chi connectivity index (χ1v) is 6.33. The molecule has 0 heterocycles. The zero-order valence-corrected chi connectivity index (χ0v) is 9.86. The summed E-state index contributed by atoms with van der Waals surface area (Å²) in [5.74, 6) is 2.70. The minimum absolute atomic E-state index is 0.296. The molecule has 0 bridgehead atoms. The predicted molar refractivity (Wildman–Crippen MR) is 61.3 cm³/mol. The van der Waals surface area contributed by atoms with Crippen LogP contribution in [-0.4, -0.2) is 35.8 Å². The van der Waals surface area contributed by atoms with Crippen molar-refractivity contribution < 1.29 is 5.11 Å². The Morgan fingerprint density at radius 1 is 1.38 bits per heavy atom. The third-order valence-electron chi connectivity index (χ3n) is 2.33. The standard InChI is InChI=1S/C10H23NOS/c1-4-9(3)10(11-5-2)8-13-7-6-12/h9-12H,4-8H2,1-3H3. The second kappa shape index (κ2) is 8.85. The fraction of sp³-hybridized carbons (Fsp3) is 1.00. The third-order valence-corrected chi connectivity index (χ3v) is 3.40. The lowest BCUT2D eigenvalue weighted by molar-refractivity contribution is 0.322. The van der Waals surface area contributed by atoms with Crippen LogP contribution in [0.1, 0.15) is 27.2 Å². The van der Waals surface area contributed by atoms with Crippen molar-refractivity contribution in [2.45, 2.75) is 33.2 Å². The van der Waals surface area contributed by atoms with Crippen LogP contribution in [0.15, 0.2) is 0 Å². The highest BCUT2D eigenvalue weighted by molar-refractivity contribution is 7.99. The number of nitrogens with one attached hydrogen (secondary N) is 1. The highest BCUT2D eigenvalue weighted by Crippen LogP contribution is 2.13. The van der Waals surface area contributed by atoms with Gasteiger partial charge in [-0.2, -0.15) is 11.8 Å². The quantitative estimate of drug-likeness (QED) is 0.592. The zero-order valence-electron chi connectivity index (χ0n) is 9.05. The van der Waals surface area contributed by atoms with Crippen LogP contribution in [0.4, 0.5) is 0 Å². The van der Waals surface area contributed by atoms with Crippen molar-refractivity contribution in [2.24, 2.45) is 5.92 Å². The maximum absolute atomic E-state index is 8.66. The van der Waals surface area contributed by atoms with Gasteiger partial charge < -0.3 is 10.4 Å². The summed E-state index contributed by atoms with van der Waals surface area (Å²) in [5, 5.41) is 12.2. The van der Waals surface area contributed by atoms with E-state index in [9.17, 15) is 0 Å². The van der Waals surface area contributed by atoms with Crippen molar-refractivity contribution in [3.05, 3.63) is 0 Å². The predicted octanol–water partition coefficient (Wildman–Crippen LogP) is 1.74. The Labute approximate surface area is 86.5 Å². The van der Waals surface area contributed by atoms with Gasteiger partial charge in [-0.3, -0.25) is 0 Å². The highest BCUT2D eigenvalue weighted by Gasteiger charge is 2.13. The van der Waals surface area contributed by atoms with E-state index in [-0.39, 0.29) is 0 Å². The molecular formula is C10H23NOS. The molecule has 0 aliphatic heterocycles. The van der Waals surface area contributed by atoms with E-state index in [1.807, 2.05) is 11.8 Å². The van der Waals surface area contributed by atoms with E-state index in [0.717, 1.165) is 24.0 Å². The number of aliphatic hydroxyl groups excluding tert-OH is 1. The van der Waals surface area contributed by atoms with E-state index in [2.05, 4.69) is 26.1 Å². The van der Waals surface area contributed by atoms with Gasteiger partial charge in [0.05, 0.1) is 6.61 Å². The van der Waals surface area contributed by atoms with Crippen LogP contribution in [-0.2, 0) is 0 Å². The first-order chi connectivity index (χ1) is 6.26. The monoisotopic (exact) mass is 205 g/mol. The summed E-state index contributed by atoms with van der Waals surface area (Å²) in [6, 6.07) is 0.603. The molecule has 0 rings (SSSR count). The average Bonchev–Trinajstić information content (AvgIpc) is 2.16. The van der Waals surface area contributed by atoms with Gasteiger partial charge in [-0.15, -0.1) is 0 Å².